The van der Waals surface area contributed by atoms with Crippen LogP contribution >= 0.6 is 0 Å². The average molecular weight is 366 g/mol. The van der Waals surface area contributed by atoms with Crippen molar-refractivity contribution in [3.63, 3.8) is 0 Å². The fourth-order valence-electron chi connectivity index (χ4n) is 3.60. The van der Waals surface area contributed by atoms with E-state index in [1.807, 2.05) is 48.5 Å². The summed E-state index contributed by atoms with van der Waals surface area (Å²) < 4.78 is 0. The van der Waals surface area contributed by atoms with Crippen molar-refractivity contribution >= 4 is 11.9 Å². The van der Waals surface area contributed by atoms with Crippen LogP contribution in [0.25, 0.3) is 0 Å². The smallest absolute Gasteiger partial charge is 0.305 e. The van der Waals surface area contributed by atoms with Gasteiger partial charge in [-0.15, -0.1) is 0 Å². The number of nitrogens with one attached hydrogen (secondary N) is 1. The topological polar surface area (TPSA) is 69.6 Å². The van der Waals surface area contributed by atoms with Gasteiger partial charge in [0.15, 0.2) is 0 Å². The number of carboxylic acid groups (broad SMARTS) is 1. The van der Waals surface area contributed by atoms with Crippen LogP contribution in [0.15, 0.2) is 60.7 Å². The van der Waals surface area contributed by atoms with Crippen LogP contribution < -0.4 is 5.32 Å². The normalized spacial score (nSPS) is 16.6. The van der Waals surface area contributed by atoms with Crippen LogP contribution in [0.1, 0.15) is 36.4 Å². The molecule has 2 aromatic carbocycles. The maximum Gasteiger partial charge on any atom is 0.305 e. The lowest BCUT2D eigenvalue weighted by atomic mass is 9.94. The minimum atomic E-state index is -0.915. The molecule has 1 heterocycles. The number of rotatable bonds is 7. The Bertz CT molecular complexity index is 741. The van der Waals surface area contributed by atoms with Crippen molar-refractivity contribution in [1.82, 2.24) is 10.2 Å². The quantitative estimate of drug-likeness (QED) is 0.789. The third-order valence-electron chi connectivity index (χ3n) is 5.10. The number of piperidine rings is 1. The van der Waals surface area contributed by atoms with Gasteiger partial charge in [0, 0.05) is 12.5 Å². The minimum Gasteiger partial charge on any atom is -0.481 e. The van der Waals surface area contributed by atoms with Crippen LogP contribution in [0.5, 0.6) is 0 Å². The van der Waals surface area contributed by atoms with Gasteiger partial charge >= 0.3 is 5.97 Å². The van der Waals surface area contributed by atoms with E-state index >= 15 is 0 Å². The Hall–Kier alpha value is -2.66. The zero-order chi connectivity index (χ0) is 19.1. The monoisotopic (exact) mass is 366 g/mol. The van der Waals surface area contributed by atoms with Gasteiger partial charge in [0.1, 0.15) is 0 Å². The summed E-state index contributed by atoms with van der Waals surface area (Å²) >= 11 is 0. The summed E-state index contributed by atoms with van der Waals surface area (Å²) in [5, 5.41) is 12.1. The molecule has 1 atom stereocenters. The van der Waals surface area contributed by atoms with E-state index in [9.17, 15) is 14.7 Å². The van der Waals surface area contributed by atoms with Crippen molar-refractivity contribution in [3.8, 4) is 0 Å². The second kappa shape index (κ2) is 9.33. The van der Waals surface area contributed by atoms with Crippen molar-refractivity contribution in [3.05, 3.63) is 71.8 Å². The molecule has 0 aromatic heterocycles. The second-order valence-corrected chi connectivity index (χ2v) is 7.11. The zero-order valence-electron chi connectivity index (χ0n) is 15.4. The van der Waals surface area contributed by atoms with Crippen LogP contribution in [0.2, 0.25) is 0 Å². The Morgan fingerprint density at radius 2 is 1.59 bits per heavy atom. The number of likely N-dealkylation sites (tertiary alicyclic amines) is 1. The van der Waals surface area contributed by atoms with Crippen LogP contribution in [0.3, 0.4) is 0 Å². The lowest BCUT2D eigenvalue weighted by Crippen LogP contribution is -2.41. The van der Waals surface area contributed by atoms with Gasteiger partial charge < -0.3 is 10.4 Å². The Morgan fingerprint density at radius 1 is 1.00 bits per heavy atom. The lowest BCUT2D eigenvalue weighted by Gasteiger charge is -2.32. The van der Waals surface area contributed by atoms with Crippen molar-refractivity contribution in [2.45, 2.75) is 31.8 Å². The van der Waals surface area contributed by atoms with Gasteiger partial charge in [-0.3, -0.25) is 14.5 Å². The molecule has 0 radical (unpaired) electrons. The molecule has 142 valence electrons. The fraction of sp³-hybridized carbons (Fsp3) is 0.364. The number of hydrogen-bond donors (Lipinski definition) is 2. The zero-order valence-corrected chi connectivity index (χ0v) is 15.4. The van der Waals surface area contributed by atoms with Gasteiger partial charge in [-0.05, 0) is 37.1 Å². The number of carbonyl (C=O) groups excluding carboxylic acids is 1. The number of hydrogen-bond acceptors (Lipinski definition) is 3. The van der Waals surface area contributed by atoms with E-state index in [1.165, 1.54) is 5.56 Å². The first-order valence-corrected chi connectivity index (χ1v) is 9.45. The third kappa shape index (κ3) is 5.66. The molecule has 3 rings (SSSR count). The van der Waals surface area contributed by atoms with E-state index in [0.29, 0.717) is 0 Å². The molecule has 0 spiro atoms. The first-order valence-electron chi connectivity index (χ1n) is 9.45. The predicted octanol–water partition coefficient (Wildman–Crippen LogP) is 3.23. The molecule has 1 saturated heterocycles. The molecule has 1 unspecified atom stereocenters. The number of amides is 1. The summed E-state index contributed by atoms with van der Waals surface area (Å²) in [6.45, 7) is 2.66. The molecule has 27 heavy (non-hydrogen) atoms. The van der Waals surface area contributed by atoms with Crippen molar-refractivity contribution in [2.24, 2.45) is 5.92 Å². The Labute approximate surface area is 160 Å². The maximum absolute atomic E-state index is 12.7. The molecule has 0 saturated carbocycles. The highest BCUT2D eigenvalue weighted by Crippen LogP contribution is 2.22. The van der Waals surface area contributed by atoms with Crippen LogP contribution in [0.4, 0.5) is 0 Å². The van der Waals surface area contributed by atoms with Crippen molar-refractivity contribution < 1.29 is 14.7 Å². The highest BCUT2D eigenvalue weighted by atomic mass is 16.4. The molecule has 0 bridgehead atoms. The third-order valence-corrected chi connectivity index (χ3v) is 5.10. The first kappa shape index (κ1) is 19.1. The van der Waals surface area contributed by atoms with Gasteiger partial charge in [-0.2, -0.15) is 0 Å². The highest BCUT2D eigenvalue weighted by Gasteiger charge is 2.27. The summed E-state index contributed by atoms with van der Waals surface area (Å²) in [6, 6.07) is 19.2. The van der Waals surface area contributed by atoms with E-state index < -0.39 is 12.0 Å². The van der Waals surface area contributed by atoms with Crippen molar-refractivity contribution in [2.75, 3.05) is 13.1 Å². The Balaban J connectivity index is 1.54. The molecule has 1 amide bonds. The molecule has 5 nitrogen and oxygen atoms in total. The van der Waals surface area contributed by atoms with E-state index in [0.717, 1.165) is 38.0 Å². The van der Waals surface area contributed by atoms with E-state index in [-0.39, 0.29) is 18.2 Å². The van der Waals surface area contributed by atoms with E-state index in [1.54, 1.807) is 0 Å². The highest BCUT2D eigenvalue weighted by molar-refractivity contribution is 5.80. The number of aliphatic carboxylic acids is 1. The maximum atomic E-state index is 12.7. The molecular weight excluding hydrogens is 340 g/mol. The van der Waals surface area contributed by atoms with Gasteiger partial charge in [0.25, 0.3) is 0 Å². The van der Waals surface area contributed by atoms with Crippen LogP contribution in [-0.2, 0) is 16.1 Å². The number of nitrogens with zero attached hydrogens (tertiary/aromatic N) is 1. The van der Waals surface area contributed by atoms with Crippen LogP contribution in [0, 0.1) is 5.92 Å². The average Bonchev–Trinajstić information content (AvgIpc) is 2.69. The summed E-state index contributed by atoms with van der Waals surface area (Å²) in [7, 11) is 0. The predicted molar refractivity (Wildman–Crippen MR) is 104 cm³/mol. The van der Waals surface area contributed by atoms with E-state index in [2.05, 4.69) is 22.3 Å². The fourth-order valence-corrected chi connectivity index (χ4v) is 3.60. The summed E-state index contributed by atoms with van der Waals surface area (Å²) in [5.74, 6) is -1.01. The van der Waals surface area contributed by atoms with Gasteiger partial charge in [-0.25, -0.2) is 0 Å². The molecule has 0 aliphatic carbocycles. The Morgan fingerprint density at radius 3 is 2.19 bits per heavy atom. The summed E-state index contributed by atoms with van der Waals surface area (Å²) in [4.78, 5) is 26.3. The molecule has 1 fully saturated rings. The molecule has 2 aromatic rings. The molecule has 5 heteroatoms. The SMILES string of the molecule is O=C(O)CC(NC(=O)C1CCN(Cc2ccccc2)CC1)c1ccccc1. The van der Waals surface area contributed by atoms with Crippen LogP contribution in [-0.4, -0.2) is 35.0 Å². The molecule has 1 aliphatic heterocycles. The van der Waals surface area contributed by atoms with Crippen molar-refractivity contribution in [1.29, 1.82) is 0 Å². The number of carboxylic acids is 1. The Kier molecular flexibility index (Phi) is 6.60. The summed E-state index contributed by atoms with van der Waals surface area (Å²) in [6.07, 6.45) is 1.49. The van der Waals surface area contributed by atoms with E-state index in [4.69, 9.17) is 0 Å². The largest absolute Gasteiger partial charge is 0.481 e. The second-order valence-electron chi connectivity index (χ2n) is 7.11. The van der Waals surface area contributed by atoms with Gasteiger partial charge in [0.2, 0.25) is 5.91 Å². The number of benzene rings is 2. The number of carbonyl (C=O) groups is 2. The molecular formula is C22H26N2O3. The lowest BCUT2D eigenvalue weighted by molar-refractivity contribution is -0.138. The molecule has 2 N–H and O–H groups in total. The first-order chi connectivity index (χ1) is 13.1. The summed E-state index contributed by atoms with van der Waals surface area (Å²) in [5.41, 5.74) is 2.11. The molecule has 1 aliphatic rings. The van der Waals surface area contributed by atoms with Gasteiger partial charge in [0.05, 0.1) is 12.5 Å². The minimum absolute atomic E-state index is 0.0375. The standard InChI is InChI=1S/C22H26N2O3/c25-21(26)15-20(18-9-5-2-6-10-18)23-22(27)19-11-13-24(14-12-19)16-17-7-3-1-4-8-17/h1-10,19-20H,11-16H2,(H,23,27)(H,25,26). The van der Waals surface area contributed by atoms with Gasteiger partial charge in [-0.1, -0.05) is 60.7 Å².